The van der Waals surface area contributed by atoms with Crippen molar-refractivity contribution in [3.8, 4) is 23.8 Å². The Kier molecular flexibility index (Phi) is 6.04. The summed E-state index contributed by atoms with van der Waals surface area (Å²) in [6.45, 7) is 2.09. The summed E-state index contributed by atoms with van der Waals surface area (Å²) in [4.78, 5) is 12.0. The van der Waals surface area contributed by atoms with E-state index in [4.69, 9.17) is 15.9 Å². The molecule has 0 aliphatic heterocycles. The van der Waals surface area contributed by atoms with Gasteiger partial charge in [0.15, 0.2) is 11.5 Å². The van der Waals surface area contributed by atoms with Gasteiger partial charge in [-0.2, -0.15) is 0 Å². The molecule has 0 fully saturated rings. The van der Waals surface area contributed by atoms with Crippen LogP contribution in [-0.4, -0.2) is 19.6 Å². The number of methoxy groups -OCH3 is 1. The maximum absolute atomic E-state index is 12.0. The minimum atomic E-state index is -0.203. The van der Waals surface area contributed by atoms with E-state index < -0.39 is 0 Å². The summed E-state index contributed by atoms with van der Waals surface area (Å²) in [6, 6.07) is 13.0. The number of hydrogen-bond acceptors (Lipinski definition) is 3. The van der Waals surface area contributed by atoms with Crippen molar-refractivity contribution < 1.29 is 14.3 Å². The first-order valence-electron chi connectivity index (χ1n) is 7.43. The molecule has 0 aliphatic rings. The molecule has 0 aromatic heterocycles. The van der Waals surface area contributed by atoms with E-state index in [1.54, 1.807) is 25.3 Å². The van der Waals surface area contributed by atoms with Crippen LogP contribution in [0.3, 0.4) is 0 Å². The molecule has 0 aliphatic carbocycles. The highest BCUT2D eigenvalue weighted by Crippen LogP contribution is 2.28. The zero-order valence-electron chi connectivity index (χ0n) is 13.7. The van der Waals surface area contributed by atoms with Crippen LogP contribution < -0.4 is 14.8 Å². The number of ether oxygens (including phenoxy) is 2. The molecule has 4 nitrogen and oxygen atoms in total. The molecule has 2 rings (SSSR count). The summed E-state index contributed by atoms with van der Waals surface area (Å²) in [5, 5.41) is 2.84. The molecule has 0 saturated heterocycles. The number of terminal acetylenes is 1. The Bertz CT molecular complexity index is 788. The highest BCUT2D eigenvalue weighted by molar-refractivity contribution is 6.02. The molecule has 1 N–H and O–H groups in total. The van der Waals surface area contributed by atoms with E-state index in [2.05, 4.69) is 11.2 Å². The lowest BCUT2D eigenvalue weighted by molar-refractivity contribution is -0.111. The van der Waals surface area contributed by atoms with E-state index in [9.17, 15) is 4.79 Å². The Morgan fingerprint density at radius 3 is 2.75 bits per heavy atom. The van der Waals surface area contributed by atoms with Gasteiger partial charge in [0.25, 0.3) is 0 Å². The third-order valence-electron chi connectivity index (χ3n) is 3.33. The van der Waals surface area contributed by atoms with Gasteiger partial charge >= 0.3 is 0 Å². The number of carbonyl (C=O) groups excluding carboxylic acids is 1. The number of aryl methyl sites for hydroxylation is 1. The minimum Gasteiger partial charge on any atom is -0.493 e. The van der Waals surface area contributed by atoms with Crippen molar-refractivity contribution in [1.82, 2.24) is 0 Å². The molecule has 0 radical (unpaired) electrons. The van der Waals surface area contributed by atoms with Gasteiger partial charge in [-0.15, -0.1) is 6.42 Å². The molecule has 0 saturated carbocycles. The molecule has 1 amide bonds. The van der Waals surface area contributed by atoms with E-state index >= 15 is 0 Å². The molecule has 2 aromatic carbocycles. The first-order valence-corrected chi connectivity index (χ1v) is 7.43. The lowest BCUT2D eigenvalue weighted by Crippen LogP contribution is -2.08. The van der Waals surface area contributed by atoms with Crippen molar-refractivity contribution in [2.24, 2.45) is 0 Å². The van der Waals surface area contributed by atoms with Gasteiger partial charge in [-0.25, -0.2) is 0 Å². The fraction of sp³-hybridized carbons (Fsp3) is 0.150. The summed E-state index contributed by atoms with van der Waals surface area (Å²) in [5.41, 5.74) is 2.61. The van der Waals surface area contributed by atoms with Crippen molar-refractivity contribution in [2.75, 3.05) is 19.0 Å². The topological polar surface area (TPSA) is 47.6 Å². The zero-order chi connectivity index (χ0) is 17.4. The van der Waals surface area contributed by atoms with Gasteiger partial charge in [-0.3, -0.25) is 4.79 Å². The van der Waals surface area contributed by atoms with E-state index in [1.165, 1.54) is 6.08 Å². The van der Waals surface area contributed by atoms with Crippen molar-refractivity contribution >= 4 is 17.7 Å². The molecule has 0 atom stereocenters. The van der Waals surface area contributed by atoms with Crippen LogP contribution in [0.2, 0.25) is 0 Å². The number of rotatable bonds is 6. The average molecular weight is 321 g/mol. The SMILES string of the molecule is C#CCOc1cc(/C=C/C(=O)Nc2ccccc2C)ccc1OC. The molecular weight excluding hydrogens is 302 g/mol. The van der Waals surface area contributed by atoms with Crippen LogP contribution in [0.15, 0.2) is 48.5 Å². The number of nitrogens with one attached hydrogen (secondary N) is 1. The Labute approximate surface area is 142 Å². The van der Waals surface area contributed by atoms with Crippen LogP contribution in [0, 0.1) is 19.3 Å². The zero-order valence-corrected chi connectivity index (χ0v) is 13.7. The van der Waals surface area contributed by atoms with Crippen LogP contribution in [0.5, 0.6) is 11.5 Å². The third-order valence-corrected chi connectivity index (χ3v) is 3.33. The fourth-order valence-corrected chi connectivity index (χ4v) is 2.09. The Balaban J connectivity index is 2.09. The summed E-state index contributed by atoms with van der Waals surface area (Å²) in [7, 11) is 1.56. The van der Waals surface area contributed by atoms with Crippen molar-refractivity contribution in [2.45, 2.75) is 6.92 Å². The van der Waals surface area contributed by atoms with Crippen molar-refractivity contribution in [3.63, 3.8) is 0 Å². The van der Waals surface area contributed by atoms with Gasteiger partial charge in [0, 0.05) is 11.8 Å². The smallest absolute Gasteiger partial charge is 0.248 e. The van der Waals surface area contributed by atoms with Gasteiger partial charge < -0.3 is 14.8 Å². The third kappa shape index (κ3) is 4.65. The molecule has 4 heteroatoms. The van der Waals surface area contributed by atoms with Gasteiger partial charge in [-0.05, 0) is 42.3 Å². The van der Waals surface area contributed by atoms with Gasteiger partial charge in [-0.1, -0.05) is 30.2 Å². The lowest BCUT2D eigenvalue weighted by atomic mass is 10.1. The van der Waals surface area contributed by atoms with Crippen molar-refractivity contribution in [3.05, 3.63) is 59.7 Å². The first kappa shape index (κ1) is 17.2. The highest BCUT2D eigenvalue weighted by Gasteiger charge is 2.05. The van der Waals surface area contributed by atoms with Gasteiger partial charge in [0.2, 0.25) is 5.91 Å². The average Bonchev–Trinajstić information content (AvgIpc) is 2.60. The Morgan fingerprint density at radius 2 is 2.04 bits per heavy atom. The molecule has 24 heavy (non-hydrogen) atoms. The predicted octanol–water partition coefficient (Wildman–Crippen LogP) is 3.67. The maximum atomic E-state index is 12.0. The summed E-state index contributed by atoms with van der Waals surface area (Å²) < 4.78 is 10.7. The van der Waals surface area contributed by atoms with E-state index in [-0.39, 0.29) is 12.5 Å². The minimum absolute atomic E-state index is 0.150. The number of amides is 1. The van der Waals surface area contributed by atoms with Crippen LogP contribution in [0.25, 0.3) is 6.08 Å². The number of para-hydroxylation sites is 1. The monoisotopic (exact) mass is 321 g/mol. The second kappa shape index (κ2) is 8.44. The van der Waals surface area contributed by atoms with Crippen LogP contribution in [0.1, 0.15) is 11.1 Å². The molecule has 0 heterocycles. The lowest BCUT2D eigenvalue weighted by Gasteiger charge is -2.09. The van der Waals surface area contributed by atoms with E-state index in [0.717, 1.165) is 16.8 Å². The van der Waals surface area contributed by atoms with Gasteiger partial charge in [0.05, 0.1) is 7.11 Å². The molecule has 122 valence electrons. The highest BCUT2D eigenvalue weighted by atomic mass is 16.5. The van der Waals surface area contributed by atoms with Crippen LogP contribution in [-0.2, 0) is 4.79 Å². The number of hydrogen-bond donors (Lipinski definition) is 1. The molecule has 2 aromatic rings. The molecule has 0 bridgehead atoms. The quantitative estimate of drug-likeness (QED) is 0.652. The van der Waals surface area contributed by atoms with Crippen molar-refractivity contribution in [1.29, 1.82) is 0 Å². The summed E-state index contributed by atoms with van der Waals surface area (Å²) in [6.07, 6.45) is 8.38. The second-order valence-corrected chi connectivity index (χ2v) is 5.04. The standard InChI is InChI=1S/C20H19NO3/c1-4-13-24-19-14-16(9-11-18(19)23-3)10-12-20(22)21-17-8-6-5-7-15(17)2/h1,5-12,14H,13H2,2-3H3,(H,21,22)/b12-10+. The fourth-order valence-electron chi connectivity index (χ4n) is 2.09. The van der Waals surface area contributed by atoms with E-state index in [0.29, 0.717) is 11.5 Å². The van der Waals surface area contributed by atoms with Crippen LogP contribution >= 0.6 is 0 Å². The molecule has 0 spiro atoms. The number of benzene rings is 2. The maximum Gasteiger partial charge on any atom is 0.248 e. The Hall–Kier alpha value is -3.19. The Morgan fingerprint density at radius 1 is 1.25 bits per heavy atom. The predicted molar refractivity (Wildman–Crippen MR) is 96.2 cm³/mol. The normalized spacial score (nSPS) is 10.2. The summed E-state index contributed by atoms with van der Waals surface area (Å²) >= 11 is 0. The molecule has 0 unspecified atom stereocenters. The van der Waals surface area contributed by atoms with Gasteiger partial charge in [0.1, 0.15) is 6.61 Å². The van der Waals surface area contributed by atoms with Crippen LogP contribution in [0.4, 0.5) is 5.69 Å². The second-order valence-electron chi connectivity index (χ2n) is 5.04. The summed E-state index contributed by atoms with van der Waals surface area (Å²) in [5.74, 6) is 3.34. The number of carbonyl (C=O) groups is 1. The number of anilines is 1. The largest absolute Gasteiger partial charge is 0.493 e. The van der Waals surface area contributed by atoms with E-state index in [1.807, 2.05) is 37.3 Å². The first-order chi connectivity index (χ1) is 11.6. The molecular formula is C20H19NO3.